The zero-order chi connectivity index (χ0) is 11.2. The molecule has 1 aromatic carbocycles. The van der Waals surface area contributed by atoms with Crippen LogP contribution in [0.3, 0.4) is 0 Å². The van der Waals surface area contributed by atoms with Crippen LogP contribution < -0.4 is 5.43 Å². The summed E-state index contributed by atoms with van der Waals surface area (Å²) in [4.78, 5) is 2.37. The van der Waals surface area contributed by atoms with E-state index in [0.717, 1.165) is 5.69 Å². The van der Waals surface area contributed by atoms with Crippen molar-refractivity contribution in [3.8, 4) is 0 Å². The van der Waals surface area contributed by atoms with Gasteiger partial charge in [-0.1, -0.05) is 18.2 Å². The fourth-order valence-electron chi connectivity index (χ4n) is 1.91. The van der Waals surface area contributed by atoms with Gasteiger partial charge < -0.3 is 4.90 Å². The Bertz CT molecular complexity index is 326. The Morgan fingerprint density at radius 3 is 2.62 bits per heavy atom. The second-order valence-corrected chi connectivity index (χ2v) is 4.40. The molecule has 0 radical (unpaired) electrons. The second kappa shape index (κ2) is 5.66. The third kappa shape index (κ3) is 3.35. The molecule has 1 fully saturated rings. The lowest BCUT2D eigenvalue weighted by Gasteiger charge is -2.26. The first-order valence-corrected chi connectivity index (χ1v) is 5.87. The first-order valence-electron chi connectivity index (χ1n) is 5.87. The molecule has 0 aromatic heterocycles. The Kier molecular flexibility index (Phi) is 3.94. The number of para-hydroxylation sites is 1. The predicted octanol–water partition coefficient (Wildman–Crippen LogP) is 2.43. The van der Waals surface area contributed by atoms with Crippen molar-refractivity contribution in [2.45, 2.75) is 12.8 Å². The minimum absolute atomic E-state index is 0.632. The highest BCUT2D eigenvalue weighted by Gasteiger charge is 2.14. The molecule has 2 rings (SSSR count). The van der Waals surface area contributed by atoms with Crippen molar-refractivity contribution < 1.29 is 0 Å². The van der Waals surface area contributed by atoms with E-state index < -0.39 is 0 Å². The molecule has 0 amide bonds. The van der Waals surface area contributed by atoms with Crippen molar-refractivity contribution >= 4 is 11.9 Å². The molecule has 1 heterocycles. The van der Waals surface area contributed by atoms with E-state index in [0.29, 0.717) is 5.92 Å². The van der Waals surface area contributed by atoms with E-state index in [9.17, 15) is 0 Å². The van der Waals surface area contributed by atoms with Crippen LogP contribution >= 0.6 is 0 Å². The predicted molar refractivity (Wildman–Crippen MR) is 68.8 cm³/mol. The molecule has 1 aliphatic rings. The SMILES string of the molecule is CN1CCC(/C=N\Nc2ccccc2)CC1. The standard InChI is InChI=1S/C13H19N3/c1-16-9-7-12(8-10-16)11-14-15-13-5-3-2-4-6-13/h2-6,11-12,15H,7-10H2,1H3/b14-11-. The van der Waals surface area contributed by atoms with Crippen LogP contribution in [0.1, 0.15) is 12.8 Å². The zero-order valence-electron chi connectivity index (χ0n) is 9.76. The van der Waals surface area contributed by atoms with Gasteiger partial charge in [0, 0.05) is 6.21 Å². The Morgan fingerprint density at radius 2 is 1.94 bits per heavy atom. The number of hydrogen-bond donors (Lipinski definition) is 1. The van der Waals surface area contributed by atoms with E-state index in [1.54, 1.807) is 0 Å². The maximum absolute atomic E-state index is 4.30. The average Bonchev–Trinajstić information content (AvgIpc) is 2.33. The van der Waals surface area contributed by atoms with Crippen molar-refractivity contribution in [1.82, 2.24) is 4.90 Å². The van der Waals surface area contributed by atoms with Crippen LogP contribution in [0.4, 0.5) is 5.69 Å². The van der Waals surface area contributed by atoms with E-state index in [1.165, 1.54) is 25.9 Å². The fourth-order valence-corrected chi connectivity index (χ4v) is 1.91. The lowest BCUT2D eigenvalue weighted by molar-refractivity contribution is 0.254. The van der Waals surface area contributed by atoms with Gasteiger partial charge in [-0.15, -0.1) is 0 Å². The smallest absolute Gasteiger partial charge is 0.0561 e. The normalized spacial score (nSPS) is 19.1. The molecule has 0 atom stereocenters. The summed E-state index contributed by atoms with van der Waals surface area (Å²) in [7, 11) is 2.18. The van der Waals surface area contributed by atoms with Gasteiger partial charge in [-0.3, -0.25) is 5.43 Å². The number of anilines is 1. The molecule has 1 N–H and O–H groups in total. The van der Waals surface area contributed by atoms with Crippen LogP contribution in [0.2, 0.25) is 0 Å². The lowest BCUT2D eigenvalue weighted by Crippen LogP contribution is -2.30. The summed E-state index contributed by atoms with van der Waals surface area (Å²) < 4.78 is 0. The number of hydrogen-bond acceptors (Lipinski definition) is 3. The lowest BCUT2D eigenvalue weighted by atomic mass is 9.99. The maximum atomic E-state index is 4.30. The van der Waals surface area contributed by atoms with Gasteiger partial charge in [-0.05, 0) is 51.0 Å². The Labute approximate surface area is 97.2 Å². The number of likely N-dealkylation sites (tertiary alicyclic amines) is 1. The summed E-state index contributed by atoms with van der Waals surface area (Å²) in [5.74, 6) is 0.632. The van der Waals surface area contributed by atoms with Crippen molar-refractivity contribution in [1.29, 1.82) is 0 Å². The summed E-state index contributed by atoms with van der Waals surface area (Å²) in [5, 5.41) is 4.30. The zero-order valence-corrected chi connectivity index (χ0v) is 9.76. The molecular weight excluding hydrogens is 198 g/mol. The van der Waals surface area contributed by atoms with Crippen molar-refractivity contribution in [2.75, 3.05) is 25.6 Å². The van der Waals surface area contributed by atoms with Gasteiger partial charge in [0.1, 0.15) is 0 Å². The van der Waals surface area contributed by atoms with Crippen LogP contribution in [0.25, 0.3) is 0 Å². The van der Waals surface area contributed by atoms with Gasteiger partial charge in [0.05, 0.1) is 5.69 Å². The Balaban J connectivity index is 1.77. The van der Waals surface area contributed by atoms with Gasteiger partial charge in [-0.2, -0.15) is 5.10 Å². The summed E-state index contributed by atoms with van der Waals surface area (Å²) in [6, 6.07) is 10.1. The van der Waals surface area contributed by atoms with Gasteiger partial charge in [-0.25, -0.2) is 0 Å². The molecule has 0 unspecified atom stereocenters. The quantitative estimate of drug-likeness (QED) is 0.622. The van der Waals surface area contributed by atoms with E-state index in [1.807, 2.05) is 30.3 Å². The molecular formula is C13H19N3. The number of benzene rings is 1. The topological polar surface area (TPSA) is 27.6 Å². The summed E-state index contributed by atoms with van der Waals surface area (Å²) >= 11 is 0. The number of hydrazone groups is 1. The molecule has 16 heavy (non-hydrogen) atoms. The van der Waals surface area contributed by atoms with Crippen LogP contribution in [0.15, 0.2) is 35.4 Å². The summed E-state index contributed by atoms with van der Waals surface area (Å²) in [5.41, 5.74) is 4.11. The molecule has 0 aliphatic carbocycles. The molecule has 1 aromatic rings. The van der Waals surface area contributed by atoms with Crippen LogP contribution in [0.5, 0.6) is 0 Å². The maximum Gasteiger partial charge on any atom is 0.0561 e. The molecule has 86 valence electrons. The average molecular weight is 217 g/mol. The number of piperidine rings is 1. The molecule has 0 saturated carbocycles. The molecule has 3 heteroatoms. The van der Waals surface area contributed by atoms with Gasteiger partial charge in [0.15, 0.2) is 0 Å². The highest BCUT2D eigenvalue weighted by Crippen LogP contribution is 2.13. The highest BCUT2D eigenvalue weighted by molar-refractivity contribution is 5.62. The molecule has 0 bridgehead atoms. The van der Waals surface area contributed by atoms with Crippen LogP contribution in [0, 0.1) is 5.92 Å². The first kappa shape index (κ1) is 11.1. The van der Waals surface area contributed by atoms with Crippen molar-refractivity contribution in [3.05, 3.63) is 30.3 Å². The minimum atomic E-state index is 0.632. The summed E-state index contributed by atoms with van der Waals surface area (Å²) in [6.45, 7) is 2.37. The molecule has 1 saturated heterocycles. The van der Waals surface area contributed by atoms with E-state index >= 15 is 0 Å². The highest BCUT2D eigenvalue weighted by atomic mass is 15.3. The van der Waals surface area contributed by atoms with E-state index in [-0.39, 0.29) is 0 Å². The van der Waals surface area contributed by atoms with Crippen LogP contribution in [-0.2, 0) is 0 Å². The van der Waals surface area contributed by atoms with Gasteiger partial charge in [0.2, 0.25) is 0 Å². The van der Waals surface area contributed by atoms with Crippen LogP contribution in [-0.4, -0.2) is 31.3 Å². The first-order chi connectivity index (χ1) is 7.84. The van der Waals surface area contributed by atoms with E-state index in [2.05, 4.69) is 28.7 Å². The molecule has 0 spiro atoms. The minimum Gasteiger partial charge on any atom is -0.306 e. The second-order valence-electron chi connectivity index (χ2n) is 4.40. The van der Waals surface area contributed by atoms with Gasteiger partial charge in [0.25, 0.3) is 0 Å². The fraction of sp³-hybridized carbons (Fsp3) is 0.462. The summed E-state index contributed by atoms with van der Waals surface area (Å²) in [6.07, 6.45) is 4.49. The third-order valence-corrected chi connectivity index (χ3v) is 3.02. The third-order valence-electron chi connectivity index (χ3n) is 3.02. The Morgan fingerprint density at radius 1 is 1.25 bits per heavy atom. The number of rotatable bonds is 3. The molecule has 3 nitrogen and oxygen atoms in total. The van der Waals surface area contributed by atoms with E-state index in [4.69, 9.17) is 0 Å². The largest absolute Gasteiger partial charge is 0.306 e. The van der Waals surface area contributed by atoms with Crippen molar-refractivity contribution in [2.24, 2.45) is 11.0 Å². The Hall–Kier alpha value is -1.35. The van der Waals surface area contributed by atoms with Crippen molar-refractivity contribution in [3.63, 3.8) is 0 Å². The number of nitrogens with zero attached hydrogens (tertiary/aromatic N) is 2. The monoisotopic (exact) mass is 217 g/mol. The van der Waals surface area contributed by atoms with Gasteiger partial charge >= 0.3 is 0 Å². The number of nitrogens with one attached hydrogen (secondary N) is 1. The molecule has 1 aliphatic heterocycles.